The molecule has 1 saturated heterocycles. The summed E-state index contributed by atoms with van der Waals surface area (Å²) < 4.78 is 0. The molecule has 0 aromatic carbocycles. The summed E-state index contributed by atoms with van der Waals surface area (Å²) in [5, 5.41) is 0. The maximum Gasteiger partial charge on any atom is 0.255 e. The molecule has 2 heterocycles. The van der Waals surface area contributed by atoms with Crippen LogP contribution in [0, 0.1) is 6.92 Å². The van der Waals surface area contributed by atoms with Gasteiger partial charge in [0.15, 0.2) is 0 Å². The van der Waals surface area contributed by atoms with Gasteiger partial charge in [-0.1, -0.05) is 0 Å². The summed E-state index contributed by atoms with van der Waals surface area (Å²) in [7, 11) is 4.12. The number of likely N-dealkylation sites (N-methyl/N-ethyl adjacent to an activating group) is 1. The molecule has 1 aliphatic heterocycles. The number of aromatic nitrogens is 1. The fourth-order valence-corrected chi connectivity index (χ4v) is 2.20. The van der Waals surface area contributed by atoms with E-state index in [4.69, 9.17) is 0 Å². The van der Waals surface area contributed by atoms with Crippen molar-refractivity contribution in [2.75, 3.05) is 27.2 Å². The molecule has 0 aliphatic carbocycles. The Morgan fingerprint density at radius 3 is 2.82 bits per heavy atom. The third-order valence-corrected chi connectivity index (χ3v) is 3.30. The van der Waals surface area contributed by atoms with Gasteiger partial charge in [-0.2, -0.15) is 0 Å². The van der Waals surface area contributed by atoms with Gasteiger partial charge < -0.3 is 9.80 Å². The molecular weight excluding hydrogens is 214 g/mol. The maximum atomic E-state index is 12.2. The van der Waals surface area contributed by atoms with Crippen molar-refractivity contribution in [3.8, 4) is 0 Å². The Morgan fingerprint density at radius 2 is 2.24 bits per heavy atom. The van der Waals surface area contributed by atoms with E-state index in [0.29, 0.717) is 11.6 Å². The quantitative estimate of drug-likeness (QED) is 0.769. The number of carbonyl (C=O) groups is 1. The lowest BCUT2D eigenvalue weighted by Crippen LogP contribution is -2.34. The molecule has 2 rings (SSSR count). The minimum absolute atomic E-state index is 0.102. The smallest absolute Gasteiger partial charge is 0.255 e. The van der Waals surface area contributed by atoms with E-state index < -0.39 is 0 Å². The minimum Gasteiger partial charge on any atom is -0.337 e. The predicted molar refractivity (Wildman–Crippen MR) is 67.0 cm³/mol. The topological polar surface area (TPSA) is 36.4 Å². The second-order valence-electron chi connectivity index (χ2n) is 4.91. The van der Waals surface area contributed by atoms with Gasteiger partial charge in [-0.25, -0.2) is 0 Å². The monoisotopic (exact) mass is 233 g/mol. The van der Waals surface area contributed by atoms with E-state index in [0.717, 1.165) is 25.1 Å². The zero-order chi connectivity index (χ0) is 12.4. The molecule has 1 aliphatic rings. The van der Waals surface area contributed by atoms with Crippen molar-refractivity contribution in [2.24, 2.45) is 0 Å². The van der Waals surface area contributed by atoms with Crippen molar-refractivity contribution >= 4 is 5.91 Å². The van der Waals surface area contributed by atoms with E-state index in [2.05, 4.69) is 24.0 Å². The van der Waals surface area contributed by atoms with Gasteiger partial charge in [0, 0.05) is 31.5 Å². The lowest BCUT2D eigenvalue weighted by molar-refractivity contribution is 0.0782. The molecule has 0 saturated carbocycles. The number of hydrogen-bond acceptors (Lipinski definition) is 3. The highest BCUT2D eigenvalue weighted by Gasteiger charge is 2.28. The molecule has 17 heavy (non-hydrogen) atoms. The average Bonchev–Trinajstić information content (AvgIpc) is 2.77. The summed E-state index contributed by atoms with van der Waals surface area (Å²) in [5.74, 6) is 0.102. The first-order valence-corrected chi connectivity index (χ1v) is 5.95. The van der Waals surface area contributed by atoms with Crippen LogP contribution in [0.15, 0.2) is 18.5 Å². The van der Waals surface area contributed by atoms with Gasteiger partial charge in [0.05, 0.1) is 5.56 Å². The molecular formula is C13H19N3O. The maximum absolute atomic E-state index is 12.2. The van der Waals surface area contributed by atoms with Crippen molar-refractivity contribution < 1.29 is 4.79 Å². The molecule has 1 atom stereocenters. The van der Waals surface area contributed by atoms with Gasteiger partial charge in [-0.15, -0.1) is 0 Å². The van der Waals surface area contributed by atoms with Crippen LogP contribution in [0.4, 0.5) is 0 Å². The fraction of sp³-hybridized carbons (Fsp3) is 0.538. The standard InChI is InChI=1S/C13H19N3O/c1-10-6-11(8-14-7-10)13(17)16-5-4-12(9-16)15(2)3/h6-8,12H,4-5,9H2,1-3H3/t12-/m1/s1. The molecule has 0 N–H and O–H groups in total. The third kappa shape index (κ3) is 2.64. The Balaban J connectivity index is 2.07. The van der Waals surface area contributed by atoms with Crippen LogP contribution in [0.5, 0.6) is 0 Å². The number of aryl methyl sites for hydroxylation is 1. The van der Waals surface area contributed by atoms with Crippen LogP contribution < -0.4 is 0 Å². The predicted octanol–water partition coefficient (Wildman–Crippen LogP) is 1.17. The summed E-state index contributed by atoms with van der Waals surface area (Å²) >= 11 is 0. The molecule has 0 spiro atoms. The molecule has 0 radical (unpaired) electrons. The molecule has 4 heteroatoms. The lowest BCUT2D eigenvalue weighted by atomic mass is 10.2. The van der Waals surface area contributed by atoms with Gasteiger partial charge in [-0.05, 0) is 39.1 Å². The number of pyridine rings is 1. The molecule has 1 aromatic rings. The minimum atomic E-state index is 0.102. The van der Waals surface area contributed by atoms with Gasteiger partial charge in [0.25, 0.3) is 5.91 Å². The van der Waals surface area contributed by atoms with Crippen LogP contribution in [-0.2, 0) is 0 Å². The zero-order valence-electron chi connectivity index (χ0n) is 10.7. The molecule has 1 aromatic heterocycles. The highest BCUT2D eigenvalue weighted by atomic mass is 16.2. The average molecular weight is 233 g/mol. The third-order valence-electron chi connectivity index (χ3n) is 3.30. The number of rotatable bonds is 2. The Labute approximate surface area is 102 Å². The summed E-state index contributed by atoms with van der Waals surface area (Å²) in [6, 6.07) is 2.38. The summed E-state index contributed by atoms with van der Waals surface area (Å²) in [4.78, 5) is 20.4. The number of hydrogen-bond donors (Lipinski definition) is 0. The van der Waals surface area contributed by atoms with Crippen LogP contribution >= 0.6 is 0 Å². The summed E-state index contributed by atoms with van der Waals surface area (Å²) in [5.41, 5.74) is 1.73. The first-order chi connectivity index (χ1) is 8.08. The van der Waals surface area contributed by atoms with Crippen LogP contribution in [-0.4, -0.2) is 53.9 Å². The molecule has 4 nitrogen and oxygen atoms in total. The van der Waals surface area contributed by atoms with Crippen LogP contribution in [0.3, 0.4) is 0 Å². The first kappa shape index (κ1) is 12.0. The second kappa shape index (κ2) is 4.84. The lowest BCUT2D eigenvalue weighted by Gasteiger charge is -2.20. The van der Waals surface area contributed by atoms with E-state index in [1.165, 1.54) is 0 Å². The molecule has 0 bridgehead atoms. The SMILES string of the molecule is Cc1cncc(C(=O)N2CC[C@@H](N(C)C)C2)c1. The Morgan fingerprint density at radius 1 is 1.47 bits per heavy atom. The zero-order valence-corrected chi connectivity index (χ0v) is 10.7. The number of amides is 1. The van der Waals surface area contributed by atoms with E-state index >= 15 is 0 Å². The normalized spacial score (nSPS) is 20.0. The number of likely N-dealkylation sites (tertiary alicyclic amines) is 1. The van der Waals surface area contributed by atoms with Crippen molar-refractivity contribution in [2.45, 2.75) is 19.4 Å². The summed E-state index contributed by atoms with van der Waals surface area (Å²) in [6.45, 7) is 3.62. The van der Waals surface area contributed by atoms with Crippen molar-refractivity contribution in [3.63, 3.8) is 0 Å². The highest BCUT2D eigenvalue weighted by molar-refractivity contribution is 5.94. The van der Waals surface area contributed by atoms with Crippen molar-refractivity contribution in [3.05, 3.63) is 29.6 Å². The number of nitrogens with zero attached hydrogens (tertiary/aromatic N) is 3. The van der Waals surface area contributed by atoms with E-state index in [-0.39, 0.29) is 5.91 Å². The van der Waals surface area contributed by atoms with Gasteiger partial charge in [0.2, 0.25) is 0 Å². The van der Waals surface area contributed by atoms with Gasteiger partial charge >= 0.3 is 0 Å². The molecule has 1 fully saturated rings. The molecule has 0 unspecified atom stereocenters. The van der Waals surface area contributed by atoms with Gasteiger partial charge in [-0.3, -0.25) is 9.78 Å². The molecule has 1 amide bonds. The largest absolute Gasteiger partial charge is 0.337 e. The first-order valence-electron chi connectivity index (χ1n) is 5.95. The Kier molecular flexibility index (Phi) is 3.43. The van der Waals surface area contributed by atoms with Crippen molar-refractivity contribution in [1.82, 2.24) is 14.8 Å². The van der Waals surface area contributed by atoms with E-state index in [9.17, 15) is 4.79 Å². The molecule has 92 valence electrons. The van der Waals surface area contributed by atoms with Crippen molar-refractivity contribution in [1.29, 1.82) is 0 Å². The second-order valence-corrected chi connectivity index (χ2v) is 4.91. The number of carbonyl (C=O) groups excluding carboxylic acids is 1. The Hall–Kier alpha value is -1.42. The van der Waals surface area contributed by atoms with Crippen LogP contribution in [0.2, 0.25) is 0 Å². The summed E-state index contributed by atoms with van der Waals surface area (Å²) in [6.07, 6.45) is 4.47. The fourth-order valence-electron chi connectivity index (χ4n) is 2.20. The van der Waals surface area contributed by atoms with Gasteiger partial charge in [0.1, 0.15) is 0 Å². The van der Waals surface area contributed by atoms with E-state index in [1.807, 2.05) is 17.9 Å². The Bertz CT molecular complexity index is 417. The van der Waals surface area contributed by atoms with Crippen LogP contribution in [0.1, 0.15) is 22.3 Å². The van der Waals surface area contributed by atoms with E-state index in [1.54, 1.807) is 12.4 Å². The van der Waals surface area contributed by atoms with Crippen LogP contribution in [0.25, 0.3) is 0 Å². The highest BCUT2D eigenvalue weighted by Crippen LogP contribution is 2.16.